The number of hydrogen-bond donors (Lipinski definition) is 2. The Bertz CT molecular complexity index is 306. The van der Waals surface area contributed by atoms with Crippen molar-refractivity contribution < 1.29 is 21.6 Å². The average molecular weight is 294 g/mol. The maximum absolute atomic E-state index is 11.8. The molecule has 0 fully saturated rings. The van der Waals surface area contributed by atoms with E-state index in [-0.39, 0.29) is 30.6 Å². The quantitative estimate of drug-likeness (QED) is 0.660. The van der Waals surface area contributed by atoms with Crippen LogP contribution in [0, 0.1) is 0 Å². The fourth-order valence-corrected chi connectivity index (χ4v) is 2.52. The molecule has 9 heteroatoms. The normalized spacial score (nSPS) is 14.9. The monoisotopic (exact) mass is 294 g/mol. The van der Waals surface area contributed by atoms with Gasteiger partial charge in [-0.25, -0.2) is 13.1 Å². The standard InChI is InChI=1S/C8H17F3N2O2S2/c1-3-12-6-7(2)17(14,15)13-4-5-16-8(9,10)11/h7,12-13H,3-6H2,1-2H3. The first-order chi connectivity index (χ1) is 7.69. The molecule has 17 heavy (non-hydrogen) atoms. The summed E-state index contributed by atoms with van der Waals surface area (Å²) in [7, 11) is -3.54. The van der Waals surface area contributed by atoms with Crippen LogP contribution in [0.2, 0.25) is 0 Å². The van der Waals surface area contributed by atoms with Crippen molar-refractivity contribution in [2.75, 3.05) is 25.4 Å². The highest BCUT2D eigenvalue weighted by Gasteiger charge is 2.28. The summed E-state index contributed by atoms with van der Waals surface area (Å²) in [6.45, 7) is 4.04. The summed E-state index contributed by atoms with van der Waals surface area (Å²) in [5, 5.41) is 2.20. The van der Waals surface area contributed by atoms with Gasteiger partial charge in [-0.05, 0) is 25.2 Å². The zero-order valence-electron chi connectivity index (χ0n) is 9.67. The minimum atomic E-state index is -4.32. The van der Waals surface area contributed by atoms with Crippen molar-refractivity contribution in [3.05, 3.63) is 0 Å². The van der Waals surface area contributed by atoms with Gasteiger partial charge in [0.15, 0.2) is 0 Å². The molecule has 0 aliphatic heterocycles. The smallest absolute Gasteiger partial charge is 0.316 e. The van der Waals surface area contributed by atoms with Crippen LogP contribution in [0.4, 0.5) is 13.2 Å². The van der Waals surface area contributed by atoms with Crippen molar-refractivity contribution >= 4 is 21.8 Å². The van der Waals surface area contributed by atoms with Crippen LogP contribution < -0.4 is 10.0 Å². The number of hydrogen-bond acceptors (Lipinski definition) is 4. The molecule has 0 aromatic heterocycles. The maximum atomic E-state index is 11.8. The molecule has 0 bridgehead atoms. The van der Waals surface area contributed by atoms with Gasteiger partial charge in [0.2, 0.25) is 10.0 Å². The van der Waals surface area contributed by atoms with E-state index in [0.717, 1.165) is 0 Å². The van der Waals surface area contributed by atoms with Gasteiger partial charge in [-0.15, -0.1) is 0 Å². The van der Waals surface area contributed by atoms with Crippen LogP contribution in [-0.2, 0) is 10.0 Å². The van der Waals surface area contributed by atoms with Gasteiger partial charge < -0.3 is 5.32 Å². The molecule has 0 saturated carbocycles. The molecular weight excluding hydrogens is 277 g/mol. The maximum Gasteiger partial charge on any atom is 0.441 e. The highest BCUT2D eigenvalue weighted by Crippen LogP contribution is 2.29. The van der Waals surface area contributed by atoms with Gasteiger partial charge in [-0.3, -0.25) is 0 Å². The van der Waals surface area contributed by atoms with Gasteiger partial charge in [-0.1, -0.05) is 6.92 Å². The lowest BCUT2D eigenvalue weighted by atomic mass is 10.5. The predicted octanol–water partition coefficient (Wildman–Crippen LogP) is 1.16. The summed E-state index contributed by atoms with van der Waals surface area (Å²) in [5.41, 5.74) is -4.32. The van der Waals surface area contributed by atoms with E-state index in [4.69, 9.17) is 0 Å². The third kappa shape index (κ3) is 8.70. The second-order valence-electron chi connectivity index (χ2n) is 3.35. The van der Waals surface area contributed by atoms with Crippen LogP contribution in [0.3, 0.4) is 0 Å². The Morgan fingerprint density at radius 3 is 2.41 bits per heavy atom. The molecule has 104 valence electrons. The lowest BCUT2D eigenvalue weighted by Gasteiger charge is -2.14. The van der Waals surface area contributed by atoms with E-state index in [1.807, 2.05) is 6.92 Å². The van der Waals surface area contributed by atoms with Crippen LogP contribution in [0.25, 0.3) is 0 Å². The molecule has 0 amide bonds. The third-order valence-corrected chi connectivity index (χ3v) is 4.45. The number of thioether (sulfide) groups is 1. The molecule has 1 unspecified atom stereocenters. The fraction of sp³-hybridized carbons (Fsp3) is 1.00. The van der Waals surface area contributed by atoms with E-state index in [0.29, 0.717) is 6.54 Å². The number of halogens is 3. The molecule has 0 aromatic carbocycles. The van der Waals surface area contributed by atoms with E-state index >= 15 is 0 Å². The van der Waals surface area contributed by atoms with Crippen molar-refractivity contribution in [2.24, 2.45) is 0 Å². The molecule has 0 rings (SSSR count). The van der Waals surface area contributed by atoms with Gasteiger partial charge in [0, 0.05) is 18.8 Å². The van der Waals surface area contributed by atoms with Gasteiger partial charge in [0.1, 0.15) is 0 Å². The second kappa shape index (κ2) is 7.45. The summed E-state index contributed by atoms with van der Waals surface area (Å²) in [6, 6.07) is 0. The second-order valence-corrected chi connectivity index (χ2v) is 6.70. The Kier molecular flexibility index (Phi) is 7.45. The summed E-state index contributed by atoms with van der Waals surface area (Å²) < 4.78 is 60.5. The minimum Gasteiger partial charge on any atom is -0.316 e. The molecule has 0 aromatic rings. The van der Waals surface area contributed by atoms with Gasteiger partial charge >= 0.3 is 5.51 Å². The highest BCUT2D eigenvalue weighted by atomic mass is 32.2. The molecule has 1 atom stereocenters. The minimum absolute atomic E-state index is 0.219. The summed E-state index contributed by atoms with van der Waals surface area (Å²) in [6.07, 6.45) is 0. The number of nitrogens with one attached hydrogen (secondary N) is 2. The molecule has 0 heterocycles. The van der Waals surface area contributed by atoms with E-state index < -0.39 is 20.8 Å². The van der Waals surface area contributed by atoms with Crippen molar-refractivity contribution in [1.82, 2.24) is 10.0 Å². The van der Waals surface area contributed by atoms with Crippen molar-refractivity contribution in [2.45, 2.75) is 24.6 Å². The first-order valence-electron chi connectivity index (χ1n) is 5.09. The summed E-state index contributed by atoms with van der Waals surface area (Å²) in [4.78, 5) is 0. The zero-order chi connectivity index (χ0) is 13.5. The van der Waals surface area contributed by atoms with Crippen LogP contribution in [0.15, 0.2) is 0 Å². The third-order valence-electron chi connectivity index (χ3n) is 1.88. The zero-order valence-corrected chi connectivity index (χ0v) is 11.3. The van der Waals surface area contributed by atoms with Crippen LogP contribution >= 0.6 is 11.8 Å². The van der Waals surface area contributed by atoms with Gasteiger partial charge in [0.25, 0.3) is 0 Å². The first-order valence-corrected chi connectivity index (χ1v) is 7.62. The predicted molar refractivity (Wildman–Crippen MR) is 63.4 cm³/mol. The number of sulfonamides is 1. The van der Waals surface area contributed by atoms with E-state index in [1.54, 1.807) is 0 Å². The largest absolute Gasteiger partial charge is 0.441 e. The molecule has 0 aliphatic rings. The first kappa shape index (κ1) is 17.0. The molecule has 2 N–H and O–H groups in total. The van der Waals surface area contributed by atoms with Crippen molar-refractivity contribution in [1.29, 1.82) is 0 Å². The van der Waals surface area contributed by atoms with E-state index in [2.05, 4.69) is 10.0 Å². The number of alkyl halides is 3. The summed E-state index contributed by atoms with van der Waals surface area (Å²) >= 11 is -0.239. The van der Waals surface area contributed by atoms with Crippen LogP contribution in [0.5, 0.6) is 0 Å². The molecule has 4 nitrogen and oxygen atoms in total. The Hall–Kier alpha value is 0.01000. The van der Waals surface area contributed by atoms with Crippen molar-refractivity contribution in [3.63, 3.8) is 0 Å². The fourth-order valence-electron chi connectivity index (χ4n) is 0.950. The Morgan fingerprint density at radius 2 is 1.94 bits per heavy atom. The Morgan fingerprint density at radius 1 is 1.35 bits per heavy atom. The summed E-state index contributed by atoms with van der Waals surface area (Å²) in [5.74, 6) is -0.323. The molecular formula is C8H17F3N2O2S2. The SMILES string of the molecule is CCNCC(C)S(=O)(=O)NCCSC(F)(F)F. The topological polar surface area (TPSA) is 58.2 Å². The van der Waals surface area contributed by atoms with E-state index in [9.17, 15) is 21.6 Å². The number of rotatable bonds is 8. The Balaban J connectivity index is 3.93. The van der Waals surface area contributed by atoms with E-state index in [1.165, 1.54) is 6.92 Å². The molecule has 0 aliphatic carbocycles. The average Bonchev–Trinajstić information content (AvgIpc) is 2.19. The van der Waals surface area contributed by atoms with Crippen LogP contribution in [0.1, 0.15) is 13.8 Å². The van der Waals surface area contributed by atoms with Gasteiger partial charge in [-0.2, -0.15) is 13.2 Å². The molecule has 0 spiro atoms. The lowest BCUT2D eigenvalue weighted by molar-refractivity contribution is -0.0327. The van der Waals surface area contributed by atoms with Crippen LogP contribution in [-0.4, -0.2) is 44.6 Å². The van der Waals surface area contributed by atoms with Crippen molar-refractivity contribution in [3.8, 4) is 0 Å². The molecule has 0 radical (unpaired) electrons. The van der Waals surface area contributed by atoms with Gasteiger partial charge in [0.05, 0.1) is 5.25 Å². The lowest BCUT2D eigenvalue weighted by Crippen LogP contribution is -2.39. The highest BCUT2D eigenvalue weighted by molar-refractivity contribution is 8.00. The Labute approximate surface area is 104 Å². The molecule has 0 saturated heterocycles.